The van der Waals surface area contributed by atoms with Crippen molar-refractivity contribution in [1.29, 1.82) is 0 Å². The first kappa shape index (κ1) is 22.3. The van der Waals surface area contributed by atoms with Crippen LogP contribution in [-0.4, -0.2) is 30.4 Å². The van der Waals surface area contributed by atoms with E-state index in [0.29, 0.717) is 27.6 Å². The van der Waals surface area contributed by atoms with Gasteiger partial charge in [0.1, 0.15) is 10.6 Å². The minimum absolute atomic E-state index is 0.192. The number of nitrogens with zero attached hydrogens (tertiary/aromatic N) is 2. The van der Waals surface area contributed by atoms with Crippen molar-refractivity contribution in [2.75, 3.05) is 13.7 Å². The Labute approximate surface area is 205 Å². The number of rotatable bonds is 6. The molecule has 5 rings (SSSR count). The Morgan fingerprint density at radius 3 is 2.62 bits per heavy atom. The van der Waals surface area contributed by atoms with E-state index in [1.165, 1.54) is 11.3 Å². The summed E-state index contributed by atoms with van der Waals surface area (Å²) in [5.41, 5.74) is 0.968. The standard InChI is InChI=1S/C27H21ClN2O3S/c1-33-20-11-12-22-18(14-20)13-19(26(31)29-22)16-30(15-17-7-3-2-4-8-17)27(32)25-24(28)21-9-5-6-10-23(21)34-25/h2-14,19H,15-16H2,1H3. The van der Waals surface area contributed by atoms with Gasteiger partial charge in [0, 0.05) is 28.4 Å². The van der Waals surface area contributed by atoms with E-state index in [1.807, 2.05) is 66.7 Å². The lowest BCUT2D eigenvalue weighted by Crippen LogP contribution is -2.41. The Morgan fingerprint density at radius 1 is 1.09 bits per heavy atom. The summed E-state index contributed by atoms with van der Waals surface area (Å²) in [6, 6.07) is 22.8. The van der Waals surface area contributed by atoms with Gasteiger partial charge in [-0.15, -0.1) is 11.3 Å². The predicted molar refractivity (Wildman–Crippen MR) is 135 cm³/mol. The smallest absolute Gasteiger partial charge is 0.265 e. The fraction of sp³-hybridized carbons (Fsp3) is 0.148. The fourth-order valence-electron chi connectivity index (χ4n) is 4.07. The van der Waals surface area contributed by atoms with Crippen LogP contribution in [0, 0.1) is 5.92 Å². The van der Waals surface area contributed by atoms with Gasteiger partial charge in [0.25, 0.3) is 11.8 Å². The first-order valence-electron chi connectivity index (χ1n) is 10.8. The molecule has 34 heavy (non-hydrogen) atoms. The van der Waals surface area contributed by atoms with Gasteiger partial charge in [-0.05, 0) is 29.8 Å². The molecule has 3 aromatic carbocycles. The number of carbonyl (C=O) groups excluding carboxylic acids is 2. The number of fused-ring (bicyclic) bond motifs is 2. The average Bonchev–Trinajstić information content (AvgIpc) is 3.20. The normalized spacial score (nSPS) is 14.8. The third-order valence-electron chi connectivity index (χ3n) is 5.81. The molecule has 0 saturated heterocycles. The van der Waals surface area contributed by atoms with Gasteiger partial charge >= 0.3 is 0 Å². The minimum atomic E-state index is -0.569. The zero-order valence-corrected chi connectivity index (χ0v) is 20.0. The van der Waals surface area contributed by atoms with E-state index < -0.39 is 5.92 Å². The van der Waals surface area contributed by atoms with E-state index in [2.05, 4.69) is 4.99 Å². The summed E-state index contributed by atoms with van der Waals surface area (Å²) in [5.74, 6) is -0.355. The van der Waals surface area contributed by atoms with Crippen LogP contribution >= 0.6 is 22.9 Å². The van der Waals surface area contributed by atoms with Crippen molar-refractivity contribution in [1.82, 2.24) is 4.90 Å². The third kappa shape index (κ3) is 4.34. The number of hydrogen-bond donors (Lipinski definition) is 0. The second-order valence-corrected chi connectivity index (χ2v) is 9.49. The molecule has 2 heterocycles. The topological polar surface area (TPSA) is 59.0 Å². The monoisotopic (exact) mass is 488 g/mol. The molecule has 0 aliphatic carbocycles. The fourth-order valence-corrected chi connectivity index (χ4v) is 5.55. The van der Waals surface area contributed by atoms with Gasteiger partial charge in [-0.3, -0.25) is 9.59 Å². The maximum absolute atomic E-state index is 13.7. The van der Waals surface area contributed by atoms with Crippen LogP contribution in [0.3, 0.4) is 0 Å². The molecular formula is C27H21ClN2O3S. The van der Waals surface area contributed by atoms with E-state index in [-0.39, 0.29) is 18.4 Å². The molecule has 1 aliphatic rings. The van der Waals surface area contributed by atoms with Crippen molar-refractivity contribution < 1.29 is 14.3 Å². The first-order valence-corrected chi connectivity index (χ1v) is 12.0. The molecule has 170 valence electrons. The zero-order chi connectivity index (χ0) is 23.7. The molecule has 2 amide bonds. The van der Waals surface area contributed by atoms with Gasteiger partial charge in [0.15, 0.2) is 0 Å². The molecule has 0 saturated carbocycles. The van der Waals surface area contributed by atoms with Crippen LogP contribution < -0.4 is 15.3 Å². The largest absolute Gasteiger partial charge is 0.497 e. The molecule has 1 aromatic heterocycles. The SMILES string of the molecule is COc1ccc2c(c1)=CC(CN(Cc1ccccc1)C(=O)c1sc3ccccc3c1Cl)C(=O)N=2. The summed E-state index contributed by atoms with van der Waals surface area (Å²) < 4.78 is 6.27. The van der Waals surface area contributed by atoms with Gasteiger partial charge in [-0.1, -0.05) is 66.2 Å². The molecule has 1 atom stereocenters. The van der Waals surface area contributed by atoms with Crippen molar-refractivity contribution in [3.8, 4) is 5.75 Å². The molecule has 5 nitrogen and oxygen atoms in total. The molecule has 1 unspecified atom stereocenters. The number of benzene rings is 3. The van der Waals surface area contributed by atoms with Crippen LogP contribution in [0.5, 0.6) is 5.75 Å². The van der Waals surface area contributed by atoms with Crippen LogP contribution in [-0.2, 0) is 11.3 Å². The second kappa shape index (κ2) is 9.41. The van der Waals surface area contributed by atoms with Crippen LogP contribution in [0.2, 0.25) is 5.02 Å². The van der Waals surface area contributed by atoms with Gasteiger partial charge in [0.2, 0.25) is 0 Å². The highest BCUT2D eigenvalue weighted by atomic mass is 35.5. The van der Waals surface area contributed by atoms with Crippen LogP contribution in [0.4, 0.5) is 0 Å². The Morgan fingerprint density at radius 2 is 1.85 bits per heavy atom. The van der Waals surface area contributed by atoms with Gasteiger partial charge in [0.05, 0.1) is 23.4 Å². The van der Waals surface area contributed by atoms with Crippen molar-refractivity contribution in [2.45, 2.75) is 6.54 Å². The highest BCUT2D eigenvalue weighted by molar-refractivity contribution is 7.21. The number of hydrogen-bond acceptors (Lipinski definition) is 4. The number of halogens is 1. The summed E-state index contributed by atoms with van der Waals surface area (Å²) in [7, 11) is 1.60. The van der Waals surface area contributed by atoms with Gasteiger partial charge in [-0.25, -0.2) is 4.99 Å². The molecule has 0 bridgehead atoms. The molecule has 7 heteroatoms. The highest BCUT2D eigenvalue weighted by Crippen LogP contribution is 2.36. The molecule has 0 N–H and O–H groups in total. The van der Waals surface area contributed by atoms with E-state index in [1.54, 1.807) is 24.1 Å². The van der Waals surface area contributed by atoms with Crippen molar-refractivity contribution >= 4 is 50.9 Å². The predicted octanol–water partition coefficient (Wildman–Crippen LogP) is 4.46. The van der Waals surface area contributed by atoms with Gasteiger partial charge in [-0.2, -0.15) is 0 Å². The van der Waals surface area contributed by atoms with Gasteiger partial charge < -0.3 is 9.64 Å². The number of methoxy groups -OCH3 is 1. The quantitative estimate of drug-likeness (QED) is 0.402. The molecular weight excluding hydrogens is 468 g/mol. The number of carbonyl (C=O) groups is 2. The average molecular weight is 489 g/mol. The molecule has 0 fully saturated rings. The summed E-state index contributed by atoms with van der Waals surface area (Å²) >= 11 is 8.00. The summed E-state index contributed by atoms with van der Waals surface area (Å²) in [4.78, 5) is 33.0. The molecule has 4 aromatic rings. The highest BCUT2D eigenvalue weighted by Gasteiger charge is 2.28. The minimum Gasteiger partial charge on any atom is -0.497 e. The van der Waals surface area contributed by atoms with Crippen molar-refractivity contribution in [2.24, 2.45) is 10.9 Å². The van der Waals surface area contributed by atoms with E-state index >= 15 is 0 Å². The maximum Gasteiger partial charge on any atom is 0.265 e. The number of ether oxygens (including phenoxy) is 1. The lowest BCUT2D eigenvalue weighted by Gasteiger charge is -2.26. The van der Waals surface area contributed by atoms with Crippen molar-refractivity contribution in [3.05, 3.63) is 98.8 Å². The lowest BCUT2D eigenvalue weighted by atomic mass is 10.0. The Hall–Kier alpha value is -3.48. The molecule has 0 radical (unpaired) electrons. The Kier molecular flexibility index (Phi) is 6.18. The van der Waals surface area contributed by atoms with Crippen LogP contribution in [0.15, 0.2) is 77.8 Å². The Bertz CT molecular complexity index is 1510. The van der Waals surface area contributed by atoms with E-state index in [0.717, 1.165) is 20.9 Å². The zero-order valence-electron chi connectivity index (χ0n) is 18.4. The molecule has 0 spiro atoms. The number of amides is 2. The summed E-state index contributed by atoms with van der Waals surface area (Å²) in [6.07, 6.45) is 1.87. The van der Waals surface area contributed by atoms with Crippen molar-refractivity contribution in [3.63, 3.8) is 0 Å². The maximum atomic E-state index is 13.7. The van der Waals surface area contributed by atoms with Crippen LogP contribution in [0.25, 0.3) is 16.2 Å². The number of thiophene rings is 1. The second-order valence-electron chi connectivity index (χ2n) is 8.06. The first-order chi connectivity index (χ1) is 16.5. The Balaban J connectivity index is 1.52. The van der Waals surface area contributed by atoms with E-state index in [4.69, 9.17) is 16.3 Å². The summed E-state index contributed by atoms with van der Waals surface area (Å²) in [6.45, 7) is 0.546. The molecule has 1 aliphatic heterocycles. The van der Waals surface area contributed by atoms with Crippen LogP contribution in [0.1, 0.15) is 15.2 Å². The third-order valence-corrected chi connectivity index (χ3v) is 7.48. The van der Waals surface area contributed by atoms with E-state index in [9.17, 15) is 9.59 Å². The lowest BCUT2D eigenvalue weighted by molar-refractivity contribution is -0.120. The summed E-state index contributed by atoms with van der Waals surface area (Å²) in [5, 5.41) is 2.72.